The number of ether oxygens (including phenoxy) is 1. The Balaban J connectivity index is 1.94. The first-order chi connectivity index (χ1) is 12.2. The largest absolute Gasteiger partial charge is 0.452 e. The molecule has 2 aromatic rings. The number of esters is 1. The van der Waals surface area contributed by atoms with Crippen molar-refractivity contribution in [2.24, 2.45) is 0 Å². The summed E-state index contributed by atoms with van der Waals surface area (Å²) in [7, 11) is 1.50. The fourth-order valence-corrected chi connectivity index (χ4v) is 2.48. The zero-order chi connectivity index (χ0) is 19.3. The van der Waals surface area contributed by atoms with Gasteiger partial charge in [-0.15, -0.1) is 0 Å². The van der Waals surface area contributed by atoms with Crippen LogP contribution in [-0.4, -0.2) is 48.4 Å². The van der Waals surface area contributed by atoms with Crippen molar-refractivity contribution in [3.63, 3.8) is 0 Å². The standard InChI is InChI=1S/C20H24N2O4/c1-20(2,3)21-17(23)12-22(4)18(24)13-26-19(25)16-11-7-9-14-8-5-6-10-15(14)16/h5-11H,12-13H2,1-4H3,(H,21,23). The number of benzene rings is 2. The highest BCUT2D eigenvalue weighted by atomic mass is 16.5. The minimum Gasteiger partial charge on any atom is -0.452 e. The van der Waals surface area contributed by atoms with Gasteiger partial charge in [0, 0.05) is 12.6 Å². The predicted octanol–water partition coefficient (Wildman–Crippen LogP) is 2.37. The van der Waals surface area contributed by atoms with E-state index < -0.39 is 18.5 Å². The molecule has 2 aromatic carbocycles. The maximum Gasteiger partial charge on any atom is 0.339 e. The molecule has 0 fully saturated rings. The van der Waals surface area contributed by atoms with Gasteiger partial charge in [-0.2, -0.15) is 0 Å². The molecule has 0 aliphatic rings. The Hall–Kier alpha value is -2.89. The van der Waals surface area contributed by atoms with Gasteiger partial charge in [0.1, 0.15) is 0 Å². The first-order valence-corrected chi connectivity index (χ1v) is 8.37. The number of rotatable bonds is 5. The monoisotopic (exact) mass is 356 g/mol. The summed E-state index contributed by atoms with van der Waals surface area (Å²) in [6.07, 6.45) is 0. The van der Waals surface area contributed by atoms with Gasteiger partial charge >= 0.3 is 5.97 Å². The first kappa shape index (κ1) is 19.4. The second-order valence-corrected chi connectivity index (χ2v) is 7.15. The quantitative estimate of drug-likeness (QED) is 0.835. The van der Waals surface area contributed by atoms with Crippen LogP contribution in [0.4, 0.5) is 0 Å². The maximum absolute atomic E-state index is 12.3. The van der Waals surface area contributed by atoms with Gasteiger partial charge in [-0.3, -0.25) is 9.59 Å². The summed E-state index contributed by atoms with van der Waals surface area (Å²) < 4.78 is 5.14. The molecule has 2 amide bonds. The van der Waals surface area contributed by atoms with E-state index in [9.17, 15) is 14.4 Å². The van der Waals surface area contributed by atoms with Crippen LogP contribution < -0.4 is 5.32 Å². The molecule has 1 N–H and O–H groups in total. The van der Waals surface area contributed by atoms with Crippen molar-refractivity contribution in [3.05, 3.63) is 48.0 Å². The third-order valence-corrected chi connectivity index (χ3v) is 3.66. The lowest BCUT2D eigenvalue weighted by molar-refractivity contribution is -0.137. The number of likely N-dealkylation sites (N-methyl/N-ethyl adjacent to an activating group) is 1. The number of hydrogen-bond acceptors (Lipinski definition) is 4. The molecule has 0 unspecified atom stereocenters. The molecule has 0 aliphatic heterocycles. The average Bonchev–Trinajstić information content (AvgIpc) is 2.57. The van der Waals surface area contributed by atoms with Crippen LogP contribution in [0.3, 0.4) is 0 Å². The SMILES string of the molecule is CN(CC(=O)NC(C)(C)C)C(=O)COC(=O)c1cccc2ccccc12. The topological polar surface area (TPSA) is 75.7 Å². The number of amides is 2. The lowest BCUT2D eigenvalue weighted by atomic mass is 10.1. The highest BCUT2D eigenvalue weighted by Gasteiger charge is 2.19. The van der Waals surface area contributed by atoms with Crippen LogP contribution in [0.25, 0.3) is 10.8 Å². The van der Waals surface area contributed by atoms with Crippen molar-refractivity contribution in [1.82, 2.24) is 10.2 Å². The maximum atomic E-state index is 12.3. The molecule has 2 rings (SSSR count). The van der Waals surface area contributed by atoms with Crippen molar-refractivity contribution >= 4 is 28.6 Å². The first-order valence-electron chi connectivity index (χ1n) is 8.37. The molecule has 0 saturated heterocycles. The fraction of sp³-hybridized carbons (Fsp3) is 0.350. The Morgan fingerprint density at radius 1 is 1.04 bits per heavy atom. The summed E-state index contributed by atoms with van der Waals surface area (Å²) in [6, 6.07) is 12.8. The third-order valence-electron chi connectivity index (χ3n) is 3.66. The molecule has 0 atom stereocenters. The van der Waals surface area contributed by atoms with E-state index in [1.54, 1.807) is 12.1 Å². The third kappa shape index (κ3) is 5.31. The van der Waals surface area contributed by atoms with Crippen LogP contribution in [0, 0.1) is 0 Å². The number of carbonyl (C=O) groups is 3. The molecule has 26 heavy (non-hydrogen) atoms. The molecular weight excluding hydrogens is 332 g/mol. The van der Waals surface area contributed by atoms with E-state index >= 15 is 0 Å². The van der Waals surface area contributed by atoms with Crippen LogP contribution in [0.2, 0.25) is 0 Å². The lowest BCUT2D eigenvalue weighted by Crippen LogP contribution is -2.46. The molecule has 6 nitrogen and oxygen atoms in total. The van der Waals surface area contributed by atoms with Crippen molar-refractivity contribution < 1.29 is 19.1 Å². The van der Waals surface area contributed by atoms with Gasteiger partial charge in [0.25, 0.3) is 5.91 Å². The van der Waals surface area contributed by atoms with Crippen LogP contribution >= 0.6 is 0 Å². The molecule has 0 aromatic heterocycles. The van der Waals surface area contributed by atoms with Crippen LogP contribution in [0.5, 0.6) is 0 Å². The van der Waals surface area contributed by atoms with Gasteiger partial charge in [0.05, 0.1) is 12.1 Å². The van der Waals surface area contributed by atoms with Crippen molar-refractivity contribution in [1.29, 1.82) is 0 Å². The Morgan fingerprint density at radius 3 is 2.38 bits per heavy atom. The minimum absolute atomic E-state index is 0.0953. The van der Waals surface area contributed by atoms with Crippen LogP contribution in [0.15, 0.2) is 42.5 Å². The summed E-state index contributed by atoms with van der Waals surface area (Å²) in [5.74, 6) is -1.28. The van der Waals surface area contributed by atoms with Crippen LogP contribution in [0.1, 0.15) is 31.1 Å². The molecule has 0 bridgehead atoms. The highest BCUT2D eigenvalue weighted by molar-refractivity contribution is 6.05. The summed E-state index contributed by atoms with van der Waals surface area (Å²) in [6.45, 7) is 5.07. The molecule has 6 heteroatoms. The van der Waals surface area contributed by atoms with E-state index in [-0.39, 0.29) is 18.0 Å². The van der Waals surface area contributed by atoms with E-state index in [0.29, 0.717) is 5.56 Å². The molecule has 0 spiro atoms. The number of nitrogens with zero attached hydrogens (tertiary/aromatic N) is 1. The number of hydrogen-bond donors (Lipinski definition) is 1. The summed E-state index contributed by atoms with van der Waals surface area (Å²) in [5.41, 5.74) is 0.0333. The Bertz CT molecular complexity index is 819. The Kier molecular flexibility index (Phi) is 5.97. The molecule has 0 aliphatic carbocycles. The summed E-state index contributed by atoms with van der Waals surface area (Å²) in [4.78, 5) is 37.5. The van der Waals surface area contributed by atoms with Crippen LogP contribution in [-0.2, 0) is 14.3 Å². The van der Waals surface area contributed by atoms with Gasteiger partial charge < -0.3 is 15.0 Å². The van der Waals surface area contributed by atoms with Gasteiger partial charge in [-0.05, 0) is 37.6 Å². The van der Waals surface area contributed by atoms with E-state index in [1.165, 1.54) is 11.9 Å². The van der Waals surface area contributed by atoms with Crippen molar-refractivity contribution in [2.75, 3.05) is 20.2 Å². The van der Waals surface area contributed by atoms with E-state index in [4.69, 9.17) is 4.74 Å². The lowest BCUT2D eigenvalue weighted by Gasteiger charge is -2.23. The zero-order valence-corrected chi connectivity index (χ0v) is 15.5. The van der Waals surface area contributed by atoms with Gasteiger partial charge in [0.15, 0.2) is 6.61 Å². The zero-order valence-electron chi connectivity index (χ0n) is 15.5. The van der Waals surface area contributed by atoms with E-state index in [0.717, 1.165) is 10.8 Å². The minimum atomic E-state index is -0.567. The number of fused-ring (bicyclic) bond motifs is 1. The summed E-state index contributed by atoms with van der Waals surface area (Å²) >= 11 is 0. The molecule has 0 saturated carbocycles. The van der Waals surface area contributed by atoms with Gasteiger partial charge in [-0.25, -0.2) is 4.79 Å². The summed E-state index contributed by atoms with van der Waals surface area (Å²) in [5, 5.41) is 4.46. The molecule has 0 radical (unpaired) electrons. The van der Waals surface area contributed by atoms with Crippen molar-refractivity contribution in [3.8, 4) is 0 Å². The number of nitrogens with one attached hydrogen (secondary N) is 1. The van der Waals surface area contributed by atoms with E-state index in [2.05, 4.69) is 5.32 Å². The fourth-order valence-electron chi connectivity index (χ4n) is 2.48. The van der Waals surface area contributed by atoms with Gasteiger partial charge in [0.2, 0.25) is 5.91 Å². The second-order valence-electron chi connectivity index (χ2n) is 7.15. The Morgan fingerprint density at radius 2 is 1.69 bits per heavy atom. The average molecular weight is 356 g/mol. The molecular formula is C20H24N2O4. The highest BCUT2D eigenvalue weighted by Crippen LogP contribution is 2.19. The molecule has 0 heterocycles. The van der Waals surface area contributed by atoms with Gasteiger partial charge in [-0.1, -0.05) is 36.4 Å². The molecule has 138 valence electrons. The van der Waals surface area contributed by atoms with Crippen molar-refractivity contribution in [2.45, 2.75) is 26.3 Å². The second kappa shape index (κ2) is 7.99. The smallest absolute Gasteiger partial charge is 0.339 e. The number of carbonyl (C=O) groups excluding carboxylic acids is 3. The Labute approximate surface area is 153 Å². The predicted molar refractivity (Wildman–Crippen MR) is 99.8 cm³/mol. The van der Waals surface area contributed by atoms with E-state index in [1.807, 2.05) is 51.1 Å². The normalized spacial score (nSPS) is 11.1.